The summed E-state index contributed by atoms with van der Waals surface area (Å²) in [7, 11) is 0. The Labute approximate surface area is 203 Å². The van der Waals surface area contributed by atoms with Crippen LogP contribution in [-0.4, -0.2) is 22.5 Å². The zero-order valence-electron chi connectivity index (χ0n) is 19.0. The molecule has 35 heavy (non-hydrogen) atoms. The molecule has 0 saturated heterocycles. The van der Waals surface area contributed by atoms with Gasteiger partial charge in [0.15, 0.2) is 11.6 Å². The Morgan fingerprint density at radius 3 is 2.06 bits per heavy atom. The van der Waals surface area contributed by atoms with Crippen molar-refractivity contribution < 1.29 is 14.3 Å². The second-order valence-corrected chi connectivity index (χ2v) is 7.67. The summed E-state index contributed by atoms with van der Waals surface area (Å²) in [6.07, 6.45) is 1.35. The van der Waals surface area contributed by atoms with Crippen LogP contribution in [0.2, 0.25) is 0 Å². The van der Waals surface area contributed by atoms with Crippen molar-refractivity contribution in [2.24, 2.45) is 0 Å². The average Bonchev–Trinajstić information content (AvgIpc) is 2.92. The van der Waals surface area contributed by atoms with Crippen molar-refractivity contribution in [3.8, 4) is 0 Å². The van der Waals surface area contributed by atoms with Gasteiger partial charge in [-0.05, 0) is 16.7 Å². The molecule has 0 radical (unpaired) electrons. The number of anilines is 3. The number of hydrogen-bond acceptors (Lipinski definition) is 6. The number of nitrogens with zero attached hydrogens (tertiary/aromatic N) is 3. The van der Waals surface area contributed by atoms with E-state index in [-0.39, 0.29) is 24.7 Å². The van der Waals surface area contributed by atoms with Gasteiger partial charge in [-0.3, -0.25) is 15.0 Å². The molecule has 176 valence electrons. The monoisotopic (exact) mass is 467 g/mol. The van der Waals surface area contributed by atoms with Gasteiger partial charge in [0.2, 0.25) is 6.41 Å². The lowest BCUT2D eigenvalue weighted by molar-refractivity contribution is -0.107. The van der Waals surface area contributed by atoms with Crippen molar-refractivity contribution >= 4 is 29.8 Å². The number of ether oxygens (including phenoxy) is 1. The van der Waals surface area contributed by atoms with Crippen LogP contribution in [0.4, 0.5) is 22.1 Å². The third-order valence-electron chi connectivity index (χ3n) is 5.16. The van der Waals surface area contributed by atoms with Gasteiger partial charge in [-0.15, -0.1) is 0 Å². The lowest BCUT2D eigenvalue weighted by atomic mass is 10.2. The summed E-state index contributed by atoms with van der Waals surface area (Å²) in [5.41, 5.74) is 3.05. The van der Waals surface area contributed by atoms with E-state index in [4.69, 9.17) is 4.74 Å². The molecule has 4 rings (SSSR count). The molecule has 2 amide bonds. The van der Waals surface area contributed by atoms with E-state index in [1.165, 1.54) is 11.2 Å². The smallest absolute Gasteiger partial charge is 0.412 e. The molecule has 0 saturated carbocycles. The van der Waals surface area contributed by atoms with Crippen molar-refractivity contribution in [3.63, 3.8) is 0 Å². The molecule has 8 nitrogen and oxygen atoms in total. The fourth-order valence-electron chi connectivity index (χ4n) is 3.43. The summed E-state index contributed by atoms with van der Waals surface area (Å²) in [5.74, 6) is 0.626. The van der Waals surface area contributed by atoms with E-state index in [2.05, 4.69) is 20.6 Å². The summed E-state index contributed by atoms with van der Waals surface area (Å²) >= 11 is 0. The topological polar surface area (TPSA) is 96.5 Å². The maximum Gasteiger partial charge on any atom is 0.412 e. The van der Waals surface area contributed by atoms with E-state index in [1.54, 1.807) is 0 Å². The van der Waals surface area contributed by atoms with Gasteiger partial charge in [0.1, 0.15) is 18.6 Å². The molecule has 0 aliphatic heterocycles. The molecule has 1 heterocycles. The first-order valence-corrected chi connectivity index (χ1v) is 11.1. The van der Waals surface area contributed by atoms with Gasteiger partial charge >= 0.3 is 6.09 Å². The number of rotatable bonds is 10. The highest BCUT2D eigenvalue weighted by molar-refractivity contribution is 5.96. The largest absolute Gasteiger partial charge is 0.444 e. The Morgan fingerprint density at radius 1 is 0.829 bits per heavy atom. The number of benzene rings is 3. The van der Waals surface area contributed by atoms with Gasteiger partial charge in [-0.1, -0.05) is 91.0 Å². The predicted octanol–water partition coefficient (Wildman–Crippen LogP) is 5.00. The number of carbonyl (C=O) groups is 2. The fraction of sp³-hybridized carbons (Fsp3) is 0.111. The molecule has 0 fully saturated rings. The highest BCUT2D eigenvalue weighted by atomic mass is 16.5. The molecule has 1 aromatic heterocycles. The first kappa shape index (κ1) is 23.4. The lowest BCUT2D eigenvalue weighted by Gasteiger charge is -2.22. The van der Waals surface area contributed by atoms with Crippen LogP contribution in [0.5, 0.6) is 0 Å². The van der Waals surface area contributed by atoms with E-state index in [0.29, 0.717) is 18.8 Å². The zero-order valence-corrected chi connectivity index (χ0v) is 19.0. The van der Waals surface area contributed by atoms with E-state index >= 15 is 0 Å². The summed E-state index contributed by atoms with van der Waals surface area (Å²) in [6.45, 7) is 0.835. The molecular weight excluding hydrogens is 442 g/mol. The van der Waals surface area contributed by atoms with Crippen molar-refractivity contribution in [2.75, 3.05) is 15.5 Å². The second kappa shape index (κ2) is 11.9. The molecule has 0 atom stereocenters. The highest BCUT2D eigenvalue weighted by Crippen LogP contribution is 2.30. The number of aromatic nitrogens is 2. The maximum atomic E-state index is 12.7. The van der Waals surface area contributed by atoms with Crippen molar-refractivity contribution in [3.05, 3.63) is 114 Å². The van der Waals surface area contributed by atoms with Crippen molar-refractivity contribution in [2.45, 2.75) is 19.7 Å². The van der Waals surface area contributed by atoms with Gasteiger partial charge in [0, 0.05) is 6.54 Å². The Kier molecular flexibility index (Phi) is 8.00. The van der Waals surface area contributed by atoms with E-state index in [1.807, 2.05) is 91.0 Å². The first-order valence-electron chi connectivity index (χ1n) is 11.1. The van der Waals surface area contributed by atoms with Crippen LogP contribution < -0.4 is 15.5 Å². The van der Waals surface area contributed by atoms with Crippen LogP contribution in [0.3, 0.4) is 0 Å². The van der Waals surface area contributed by atoms with E-state index in [0.717, 1.165) is 16.7 Å². The molecule has 0 unspecified atom stereocenters. The Balaban J connectivity index is 1.58. The number of amides is 2. The standard InChI is InChI=1S/C27H25N5O3/c33-20-32(17-22-12-6-2-7-13-22)26-24(31-27(34)35-18-23-14-8-3-9-15-23)25(29-19-30-26)28-16-21-10-4-1-5-11-21/h1-15,19-20H,16-18H2,(H,31,34)(H,28,29,30). The van der Waals surface area contributed by atoms with Crippen LogP contribution in [-0.2, 0) is 29.2 Å². The summed E-state index contributed by atoms with van der Waals surface area (Å²) in [4.78, 5) is 34.8. The summed E-state index contributed by atoms with van der Waals surface area (Å²) in [5, 5.41) is 5.96. The maximum absolute atomic E-state index is 12.7. The molecule has 0 aliphatic carbocycles. The minimum absolute atomic E-state index is 0.101. The van der Waals surface area contributed by atoms with Gasteiger partial charge in [-0.2, -0.15) is 0 Å². The van der Waals surface area contributed by atoms with Crippen molar-refractivity contribution in [1.29, 1.82) is 0 Å². The summed E-state index contributed by atoms with van der Waals surface area (Å²) < 4.78 is 5.40. The number of carbonyl (C=O) groups excluding carboxylic acids is 2. The minimum Gasteiger partial charge on any atom is -0.444 e. The number of hydrogen-bond donors (Lipinski definition) is 2. The van der Waals surface area contributed by atoms with Crippen LogP contribution in [0.25, 0.3) is 0 Å². The molecule has 4 aromatic rings. The SMILES string of the molecule is O=CN(Cc1ccccc1)c1ncnc(NCc2ccccc2)c1NC(=O)OCc1ccccc1. The molecule has 8 heteroatoms. The molecule has 0 aliphatic rings. The minimum atomic E-state index is -0.682. The quantitative estimate of drug-likeness (QED) is 0.319. The fourth-order valence-corrected chi connectivity index (χ4v) is 3.43. The first-order chi connectivity index (χ1) is 17.2. The predicted molar refractivity (Wildman–Crippen MR) is 135 cm³/mol. The van der Waals surface area contributed by atoms with E-state index < -0.39 is 6.09 Å². The Bertz CT molecular complexity index is 1240. The third-order valence-corrected chi connectivity index (χ3v) is 5.16. The van der Waals surface area contributed by atoms with Crippen LogP contribution >= 0.6 is 0 Å². The van der Waals surface area contributed by atoms with Gasteiger partial charge in [0.25, 0.3) is 0 Å². The Morgan fingerprint density at radius 2 is 1.43 bits per heavy atom. The summed E-state index contributed by atoms with van der Waals surface area (Å²) in [6, 6.07) is 28.7. The third kappa shape index (κ3) is 6.64. The Hall–Kier alpha value is -4.72. The second-order valence-electron chi connectivity index (χ2n) is 7.67. The normalized spacial score (nSPS) is 10.3. The average molecular weight is 468 g/mol. The lowest BCUT2D eigenvalue weighted by Crippen LogP contribution is -2.25. The molecule has 0 spiro atoms. The van der Waals surface area contributed by atoms with E-state index in [9.17, 15) is 9.59 Å². The van der Waals surface area contributed by atoms with Gasteiger partial charge in [0.05, 0.1) is 6.54 Å². The van der Waals surface area contributed by atoms with Crippen LogP contribution in [0, 0.1) is 0 Å². The molecule has 3 aromatic carbocycles. The molecule has 2 N–H and O–H groups in total. The number of nitrogens with one attached hydrogen (secondary N) is 2. The zero-order chi connectivity index (χ0) is 24.3. The molecule has 0 bridgehead atoms. The van der Waals surface area contributed by atoms with Crippen LogP contribution in [0.15, 0.2) is 97.3 Å². The van der Waals surface area contributed by atoms with Gasteiger partial charge < -0.3 is 10.1 Å². The van der Waals surface area contributed by atoms with Gasteiger partial charge in [-0.25, -0.2) is 14.8 Å². The van der Waals surface area contributed by atoms with Crippen LogP contribution in [0.1, 0.15) is 16.7 Å². The highest BCUT2D eigenvalue weighted by Gasteiger charge is 2.20. The van der Waals surface area contributed by atoms with Crippen molar-refractivity contribution in [1.82, 2.24) is 9.97 Å². The molecular formula is C27H25N5O3.